The Labute approximate surface area is 65.2 Å². The number of unbranched alkanes of at least 4 members (excludes halogenated alkanes) is 3. The maximum atomic E-state index is 3.24. The van der Waals surface area contributed by atoms with Crippen LogP contribution in [0.2, 0.25) is 0 Å². The molecule has 1 N–H and O–H groups in total. The zero-order valence-corrected chi connectivity index (χ0v) is 7.61. The Bertz CT molecular complexity index is 61.7. The van der Waals surface area contributed by atoms with Gasteiger partial charge in [0.1, 0.15) is 0 Å². The number of rotatable bonds is 6. The molecule has 1 heteroatoms. The van der Waals surface area contributed by atoms with Gasteiger partial charge in [-0.2, -0.15) is 0 Å². The van der Waals surface area contributed by atoms with Gasteiger partial charge in [-0.25, -0.2) is 0 Å². The van der Waals surface area contributed by atoms with E-state index in [4.69, 9.17) is 0 Å². The second kappa shape index (κ2) is 7.07. The van der Waals surface area contributed by atoms with E-state index in [2.05, 4.69) is 19.2 Å². The summed E-state index contributed by atoms with van der Waals surface area (Å²) in [6.45, 7) is 4.49. The molecule has 0 saturated carbocycles. The zero-order chi connectivity index (χ0) is 7.82. The summed E-state index contributed by atoms with van der Waals surface area (Å²) in [6.07, 6.45) is 6.86. The first kappa shape index (κ1) is 9.96. The van der Waals surface area contributed by atoms with Crippen molar-refractivity contribution in [1.29, 1.82) is 0 Å². The van der Waals surface area contributed by atoms with E-state index < -0.39 is 0 Å². The molecule has 10 heavy (non-hydrogen) atoms. The molecule has 1 atom stereocenters. The van der Waals surface area contributed by atoms with E-state index in [0.29, 0.717) is 6.04 Å². The molecule has 0 aliphatic heterocycles. The third-order valence-electron chi connectivity index (χ3n) is 1.98. The van der Waals surface area contributed by atoms with E-state index in [1.165, 1.54) is 32.1 Å². The lowest BCUT2D eigenvalue weighted by molar-refractivity contribution is 0.518. The molecule has 0 rings (SSSR count). The highest BCUT2D eigenvalue weighted by Gasteiger charge is 1.95. The van der Waals surface area contributed by atoms with Gasteiger partial charge in [0.15, 0.2) is 0 Å². The van der Waals surface area contributed by atoms with Crippen LogP contribution in [0, 0.1) is 0 Å². The number of nitrogens with one attached hydrogen (secondary N) is 1. The summed E-state index contributed by atoms with van der Waals surface area (Å²) in [5.41, 5.74) is 0. The summed E-state index contributed by atoms with van der Waals surface area (Å²) in [4.78, 5) is 0. The first-order chi connectivity index (χ1) is 4.81. The third kappa shape index (κ3) is 6.09. The molecule has 0 heterocycles. The maximum Gasteiger partial charge on any atom is 0.00357 e. The van der Waals surface area contributed by atoms with E-state index in [9.17, 15) is 0 Å². The molecule has 0 amide bonds. The molecule has 0 aliphatic rings. The molecule has 0 radical (unpaired) electrons. The highest BCUT2D eigenvalue weighted by Crippen LogP contribution is 2.04. The average molecular weight is 143 g/mol. The first-order valence-corrected chi connectivity index (χ1v) is 4.48. The largest absolute Gasteiger partial charge is 0.317 e. The first-order valence-electron chi connectivity index (χ1n) is 4.48. The van der Waals surface area contributed by atoms with Crippen LogP contribution in [0.25, 0.3) is 0 Å². The predicted octanol–water partition coefficient (Wildman–Crippen LogP) is 2.56. The van der Waals surface area contributed by atoms with Gasteiger partial charge < -0.3 is 5.32 Å². The fraction of sp³-hybridized carbons (Fsp3) is 1.00. The van der Waals surface area contributed by atoms with Crippen LogP contribution in [0.5, 0.6) is 0 Å². The highest BCUT2D eigenvalue weighted by molar-refractivity contribution is 4.56. The summed E-state index contributed by atoms with van der Waals surface area (Å²) in [6, 6.07) is 0.705. The highest BCUT2D eigenvalue weighted by atomic mass is 14.8. The van der Waals surface area contributed by atoms with E-state index >= 15 is 0 Å². The van der Waals surface area contributed by atoms with Gasteiger partial charge in [0, 0.05) is 6.04 Å². The lowest BCUT2D eigenvalue weighted by atomic mass is 10.1. The molecule has 0 fully saturated rings. The fourth-order valence-electron chi connectivity index (χ4n) is 1.02. The van der Waals surface area contributed by atoms with Crippen molar-refractivity contribution in [3.05, 3.63) is 0 Å². The van der Waals surface area contributed by atoms with Crippen molar-refractivity contribution >= 4 is 0 Å². The topological polar surface area (TPSA) is 12.0 Å². The summed E-state index contributed by atoms with van der Waals surface area (Å²) in [5, 5.41) is 3.24. The predicted molar refractivity (Wildman–Crippen MR) is 47.3 cm³/mol. The van der Waals surface area contributed by atoms with Crippen molar-refractivity contribution in [3.63, 3.8) is 0 Å². The summed E-state index contributed by atoms with van der Waals surface area (Å²) < 4.78 is 0. The van der Waals surface area contributed by atoms with Gasteiger partial charge in [0.25, 0.3) is 0 Å². The van der Waals surface area contributed by atoms with Crippen molar-refractivity contribution in [2.45, 2.75) is 52.0 Å². The van der Waals surface area contributed by atoms with Gasteiger partial charge in [0.05, 0.1) is 0 Å². The third-order valence-corrected chi connectivity index (χ3v) is 1.98. The van der Waals surface area contributed by atoms with Crippen LogP contribution in [0.1, 0.15) is 46.0 Å². The van der Waals surface area contributed by atoms with Gasteiger partial charge in [-0.3, -0.25) is 0 Å². The fourth-order valence-corrected chi connectivity index (χ4v) is 1.02. The molecule has 0 bridgehead atoms. The standard InChI is InChI=1S/C9H21N/c1-4-5-6-7-8-9(2)10-3/h9-10H,4-8H2,1-3H3/t9-/m1/s1. The molecular weight excluding hydrogens is 122 g/mol. The van der Waals surface area contributed by atoms with Crippen LogP contribution in [0.4, 0.5) is 0 Å². The molecule has 0 saturated heterocycles. The Balaban J connectivity index is 2.89. The van der Waals surface area contributed by atoms with Crippen molar-refractivity contribution in [2.75, 3.05) is 7.05 Å². The molecule has 0 spiro atoms. The van der Waals surface area contributed by atoms with E-state index in [0.717, 1.165) is 0 Å². The van der Waals surface area contributed by atoms with Gasteiger partial charge >= 0.3 is 0 Å². The molecule has 0 aromatic rings. The smallest absolute Gasteiger partial charge is 0.00357 e. The van der Waals surface area contributed by atoms with Gasteiger partial charge in [0.2, 0.25) is 0 Å². The van der Waals surface area contributed by atoms with E-state index in [-0.39, 0.29) is 0 Å². The lowest BCUT2D eigenvalue weighted by Crippen LogP contribution is -2.20. The molecule has 1 nitrogen and oxygen atoms in total. The zero-order valence-electron chi connectivity index (χ0n) is 7.61. The van der Waals surface area contributed by atoms with Crippen molar-refractivity contribution in [2.24, 2.45) is 0 Å². The molecule has 0 aromatic heterocycles. The van der Waals surface area contributed by atoms with E-state index in [1.807, 2.05) is 7.05 Å². The van der Waals surface area contributed by atoms with Gasteiger partial charge in [-0.1, -0.05) is 32.6 Å². The Morgan fingerprint density at radius 2 is 1.90 bits per heavy atom. The second-order valence-corrected chi connectivity index (χ2v) is 3.04. The second-order valence-electron chi connectivity index (χ2n) is 3.04. The van der Waals surface area contributed by atoms with Crippen LogP contribution < -0.4 is 5.32 Å². The quantitative estimate of drug-likeness (QED) is 0.563. The Morgan fingerprint density at radius 1 is 1.20 bits per heavy atom. The Morgan fingerprint density at radius 3 is 2.40 bits per heavy atom. The number of hydrogen-bond acceptors (Lipinski definition) is 1. The number of hydrogen-bond donors (Lipinski definition) is 1. The minimum absolute atomic E-state index is 0.705. The van der Waals surface area contributed by atoms with E-state index in [1.54, 1.807) is 0 Å². The maximum absolute atomic E-state index is 3.24. The normalized spacial score (nSPS) is 13.5. The van der Waals surface area contributed by atoms with Gasteiger partial charge in [-0.15, -0.1) is 0 Å². The SMILES string of the molecule is CCCCCC[C@@H](C)NC. The molecule has 62 valence electrons. The average Bonchev–Trinajstić information content (AvgIpc) is 1.98. The summed E-state index contributed by atoms with van der Waals surface area (Å²) >= 11 is 0. The van der Waals surface area contributed by atoms with Crippen LogP contribution in [-0.2, 0) is 0 Å². The van der Waals surface area contributed by atoms with Crippen molar-refractivity contribution in [3.8, 4) is 0 Å². The summed E-state index contributed by atoms with van der Waals surface area (Å²) in [7, 11) is 2.03. The molecule has 0 aliphatic carbocycles. The Hall–Kier alpha value is -0.0400. The van der Waals surface area contributed by atoms with Crippen LogP contribution in [-0.4, -0.2) is 13.1 Å². The molecule has 0 unspecified atom stereocenters. The van der Waals surface area contributed by atoms with Crippen molar-refractivity contribution in [1.82, 2.24) is 5.32 Å². The minimum atomic E-state index is 0.705. The van der Waals surface area contributed by atoms with Crippen LogP contribution in [0.15, 0.2) is 0 Å². The lowest BCUT2D eigenvalue weighted by Gasteiger charge is -2.08. The molecule has 0 aromatic carbocycles. The molecular formula is C9H21N. The van der Waals surface area contributed by atoms with Crippen molar-refractivity contribution < 1.29 is 0 Å². The Kier molecular flexibility index (Phi) is 7.04. The van der Waals surface area contributed by atoms with Gasteiger partial charge in [-0.05, 0) is 20.4 Å². The van der Waals surface area contributed by atoms with Crippen LogP contribution in [0.3, 0.4) is 0 Å². The monoisotopic (exact) mass is 143 g/mol. The van der Waals surface area contributed by atoms with Crippen LogP contribution >= 0.6 is 0 Å². The summed E-state index contributed by atoms with van der Waals surface area (Å²) in [5.74, 6) is 0. The minimum Gasteiger partial charge on any atom is -0.317 e.